The third-order valence-corrected chi connectivity index (χ3v) is 6.88. The van der Waals surface area contributed by atoms with E-state index in [0.717, 1.165) is 11.1 Å². The van der Waals surface area contributed by atoms with E-state index in [2.05, 4.69) is 21.3 Å². The molecule has 1 aromatic heterocycles. The second kappa shape index (κ2) is 9.54. The molecule has 1 aliphatic heterocycles. The lowest BCUT2D eigenvalue weighted by molar-refractivity contribution is -0.118. The first kappa shape index (κ1) is 24.3. The Morgan fingerprint density at radius 1 is 1.19 bits per heavy atom. The molecule has 0 radical (unpaired) electrons. The molecule has 1 aliphatic carbocycles. The quantitative estimate of drug-likeness (QED) is 0.504. The minimum absolute atomic E-state index is 0.0307. The molecule has 188 valence electrons. The summed E-state index contributed by atoms with van der Waals surface area (Å²) in [4.78, 5) is 19.4. The van der Waals surface area contributed by atoms with E-state index in [4.69, 9.17) is 14.9 Å². The van der Waals surface area contributed by atoms with Crippen LogP contribution in [0.1, 0.15) is 43.7 Å². The van der Waals surface area contributed by atoms with E-state index < -0.39 is 11.8 Å². The van der Waals surface area contributed by atoms with Gasteiger partial charge in [-0.05, 0) is 35.1 Å². The van der Waals surface area contributed by atoms with Crippen LogP contribution in [0.15, 0.2) is 66.1 Å². The standard InChI is InChI=1S/C28H28N6O3/c1-28(2)12-20-25(21(35)13-28)24(19(14-29)26(30)34(20)27-31-16-32-33-27)18-9-10-22(23(11-18)36-3)37-15-17-7-5-4-6-8-17/h4-11,16,19,24,30H,12-13,15H2,1-3H3,(H,31,32,33). The van der Waals surface area contributed by atoms with Crippen molar-refractivity contribution < 1.29 is 14.3 Å². The van der Waals surface area contributed by atoms with Crippen molar-refractivity contribution in [3.8, 4) is 17.6 Å². The number of rotatable bonds is 6. The summed E-state index contributed by atoms with van der Waals surface area (Å²) in [5.41, 5.74) is 2.67. The lowest BCUT2D eigenvalue weighted by Gasteiger charge is -2.44. The first-order valence-corrected chi connectivity index (χ1v) is 12.1. The van der Waals surface area contributed by atoms with Gasteiger partial charge in [0.1, 0.15) is 24.7 Å². The number of anilines is 1. The van der Waals surface area contributed by atoms with Crippen LogP contribution in [0.2, 0.25) is 0 Å². The Morgan fingerprint density at radius 2 is 1.97 bits per heavy atom. The Labute approximate surface area is 215 Å². The van der Waals surface area contributed by atoms with E-state index in [-0.39, 0.29) is 17.0 Å². The number of carbonyl (C=O) groups excluding carboxylic acids is 1. The summed E-state index contributed by atoms with van der Waals surface area (Å²) in [6, 6.07) is 17.6. The molecule has 0 bridgehead atoms. The monoisotopic (exact) mass is 496 g/mol. The number of ketones is 1. The number of hydrogen-bond acceptors (Lipinski definition) is 7. The number of nitrogens with zero attached hydrogens (tertiary/aromatic N) is 4. The van der Waals surface area contributed by atoms with Crippen LogP contribution in [0.4, 0.5) is 5.95 Å². The molecule has 2 heterocycles. The van der Waals surface area contributed by atoms with E-state index in [1.54, 1.807) is 18.1 Å². The van der Waals surface area contributed by atoms with Gasteiger partial charge in [0.2, 0.25) is 5.95 Å². The fourth-order valence-electron chi connectivity index (χ4n) is 5.24. The number of methoxy groups -OCH3 is 1. The second-order valence-corrected chi connectivity index (χ2v) is 10.1. The van der Waals surface area contributed by atoms with Crippen molar-refractivity contribution in [2.75, 3.05) is 12.0 Å². The number of allylic oxidation sites excluding steroid dienone is 2. The third-order valence-electron chi connectivity index (χ3n) is 6.88. The van der Waals surface area contributed by atoms with Gasteiger partial charge < -0.3 is 9.47 Å². The maximum atomic E-state index is 13.6. The topological polar surface area (TPSA) is 128 Å². The molecule has 2 aromatic carbocycles. The summed E-state index contributed by atoms with van der Waals surface area (Å²) in [5, 5.41) is 25.9. The molecular weight excluding hydrogens is 468 g/mol. The fraction of sp³-hybridized carbons (Fsp3) is 0.321. The van der Waals surface area contributed by atoms with Crippen LogP contribution in [-0.2, 0) is 11.4 Å². The van der Waals surface area contributed by atoms with E-state index in [0.29, 0.717) is 48.2 Å². The smallest absolute Gasteiger partial charge is 0.231 e. The predicted molar refractivity (Wildman–Crippen MR) is 137 cm³/mol. The Bertz CT molecular complexity index is 1410. The van der Waals surface area contributed by atoms with Gasteiger partial charge >= 0.3 is 0 Å². The highest BCUT2D eigenvalue weighted by Crippen LogP contribution is 2.50. The molecule has 2 aliphatic rings. The number of nitriles is 1. The number of hydrogen-bond donors (Lipinski definition) is 2. The molecule has 3 aromatic rings. The molecule has 37 heavy (non-hydrogen) atoms. The van der Waals surface area contributed by atoms with Gasteiger partial charge in [0.15, 0.2) is 17.3 Å². The summed E-state index contributed by atoms with van der Waals surface area (Å²) >= 11 is 0. The molecule has 0 amide bonds. The number of aromatic amines is 1. The number of benzene rings is 2. The number of carbonyl (C=O) groups is 1. The van der Waals surface area contributed by atoms with Crippen molar-refractivity contribution in [2.45, 2.75) is 39.2 Å². The number of Topliss-reactive ketones (excluding diaryl/α,β-unsaturated/α-hetero) is 1. The van der Waals surface area contributed by atoms with Crippen LogP contribution in [0.5, 0.6) is 11.5 Å². The molecule has 2 atom stereocenters. The van der Waals surface area contributed by atoms with Crippen LogP contribution in [0.25, 0.3) is 0 Å². The van der Waals surface area contributed by atoms with Crippen LogP contribution in [0.3, 0.4) is 0 Å². The lowest BCUT2D eigenvalue weighted by atomic mass is 9.66. The van der Waals surface area contributed by atoms with Gasteiger partial charge in [0, 0.05) is 23.6 Å². The highest BCUT2D eigenvalue weighted by molar-refractivity contribution is 6.09. The number of amidine groups is 1. The molecule has 9 heteroatoms. The number of ether oxygens (including phenoxy) is 2. The van der Waals surface area contributed by atoms with E-state index >= 15 is 0 Å². The van der Waals surface area contributed by atoms with Crippen molar-refractivity contribution in [1.82, 2.24) is 15.2 Å². The lowest BCUT2D eigenvalue weighted by Crippen LogP contribution is -2.48. The average Bonchev–Trinajstić information content (AvgIpc) is 3.41. The molecule has 9 nitrogen and oxygen atoms in total. The Hall–Kier alpha value is -4.45. The van der Waals surface area contributed by atoms with Crippen LogP contribution < -0.4 is 14.4 Å². The van der Waals surface area contributed by atoms with Crippen molar-refractivity contribution in [1.29, 1.82) is 10.7 Å². The van der Waals surface area contributed by atoms with Gasteiger partial charge in [-0.3, -0.25) is 15.1 Å². The van der Waals surface area contributed by atoms with Crippen LogP contribution in [0, 0.1) is 28.1 Å². The first-order valence-electron chi connectivity index (χ1n) is 12.1. The summed E-state index contributed by atoms with van der Waals surface area (Å²) in [6.07, 6.45) is 2.26. The zero-order valence-corrected chi connectivity index (χ0v) is 21.0. The molecule has 5 rings (SSSR count). The minimum atomic E-state index is -0.908. The molecule has 0 saturated carbocycles. The summed E-state index contributed by atoms with van der Waals surface area (Å²) in [5.74, 6) is -0.122. The Balaban J connectivity index is 1.59. The van der Waals surface area contributed by atoms with E-state index in [1.807, 2.05) is 56.3 Å². The van der Waals surface area contributed by atoms with Gasteiger partial charge in [-0.25, -0.2) is 5.10 Å². The maximum absolute atomic E-state index is 13.6. The summed E-state index contributed by atoms with van der Waals surface area (Å²) in [7, 11) is 1.56. The summed E-state index contributed by atoms with van der Waals surface area (Å²) < 4.78 is 11.7. The van der Waals surface area contributed by atoms with Crippen molar-refractivity contribution in [3.63, 3.8) is 0 Å². The number of H-pyrrole nitrogens is 1. The summed E-state index contributed by atoms with van der Waals surface area (Å²) in [6.45, 7) is 4.44. The Morgan fingerprint density at radius 3 is 2.65 bits per heavy atom. The zero-order chi connectivity index (χ0) is 26.2. The SMILES string of the molecule is COc1cc(C2C3=C(CC(C)(C)CC3=O)N(c3ncn[nH]3)C(=N)C2C#N)ccc1OCc1ccccc1. The largest absolute Gasteiger partial charge is 0.493 e. The molecular formula is C28H28N6O3. The van der Waals surface area contributed by atoms with Crippen molar-refractivity contribution in [3.05, 3.63) is 77.3 Å². The zero-order valence-electron chi connectivity index (χ0n) is 21.0. The first-order chi connectivity index (χ1) is 17.8. The van der Waals surface area contributed by atoms with Gasteiger partial charge in [0.05, 0.1) is 13.2 Å². The molecule has 0 spiro atoms. The highest BCUT2D eigenvalue weighted by Gasteiger charge is 2.48. The van der Waals surface area contributed by atoms with Gasteiger partial charge in [-0.1, -0.05) is 50.2 Å². The molecule has 2 unspecified atom stereocenters. The minimum Gasteiger partial charge on any atom is -0.493 e. The van der Waals surface area contributed by atoms with Gasteiger partial charge in [0.25, 0.3) is 0 Å². The molecule has 0 fully saturated rings. The van der Waals surface area contributed by atoms with Gasteiger partial charge in [-0.15, -0.1) is 0 Å². The fourth-order valence-corrected chi connectivity index (χ4v) is 5.24. The van der Waals surface area contributed by atoms with E-state index in [9.17, 15) is 10.1 Å². The highest BCUT2D eigenvalue weighted by atomic mass is 16.5. The maximum Gasteiger partial charge on any atom is 0.231 e. The van der Waals surface area contributed by atoms with Crippen molar-refractivity contribution >= 4 is 17.6 Å². The number of aromatic nitrogens is 3. The van der Waals surface area contributed by atoms with Crippen LogP contribution >= 0.6 is 0 Å². The normalized spacial score (nSPS) is 20.9. The van der Waals surface area contributed by atoms with Crippen molar-refractivity contribution in [2.24, 2.45) is 11.3 Å². The predicted octanol–water partition coefficient (Wildman–Crippen LogP) is 4.76. The molecule has 0 saturated heterocycles. The average molecular weight is 497 g/mol. The number of nitrogens with one attached hydrogen (secondary N) is 2. The van der Waals surface area contributed by atoms with Crippen LogP contribution in [-0.4, -0.2) is 33.9 Å². The van der Waals surface area contributed by atoms with Gasteiger partial charge in [-0.2, -0.15) is 15.3 Å². The Kier molecular flexibility index (Phi) is 6.25. The third kappa shape index (κ3) is 4.47. The van der Waals surface area contributed by atoms with E-state index in [1.165, 1.54) is 6.33 Å². The molecule has 2 N–H and O–H groups in total. The second-order valence-electron chi connectivity index (χ2n) is 10.1.